The molecule has 0 radical (unpaired) electrons. The first-order valence-corrected chi connectivity index (χ1v) is 7.28. The quantitative estimate of drug-likeness (QED) is 0.895. The maximum Gasteiger partial charge on any atom is 0.261 e. The first-order chi connectivity index (χ1) is 10.7. The molecule has 116 valence electrons. The van der Waals surface area contributed by atoms with Crippen LogP contribution in [0, 0.1) is 0 Å². The number of carbonyl (C=O) groups excluding carboxylic acids is 1. The summed E-state index contributed by atoms with van der Waals surface area (Å²) in [5.41, 5.74) is 0.364. The summed E-state index contributed by atoms with van der Waals surface area (Å²) in [5, 5.41) is 3.51. The molecule has 2 heterocycles. The predicted molar refractivity (Wildman–Crippen MR) is 82.4 cm³/mol. The zero-order chi connectivity index (χ0) is 15.5. The van der Waals surface area contributed by atoms with Gasteiger partial charge in [-0.2, -0.15) is 0 Å². The van der Waals surface area contributed by atoms with Crippen LogP contribution in [0.1, 0.15) is 23.2 Å². The van der Waals surface area contributed by atoms with Crippen LogP contribution in [0.2, 0.25) is 0 Å². The first kappa shape index (κ1) is 14.6. The fourth-order valence-electron chi connectivity index (χ4n) is 2.59. The van der Waals surface area contributed by atoms with Crippen molar-refractivity contribution in [3.8, 4) is 5.75 Å². The SMILES string of the molecule is COc1ccc2[nH]c(=O)c(C(=O)NCC3CCCO3)cc2c1. The summed E-state index contributed by atoms with van der Waals surface area (Å²) in [6.45, 7) is 1.16. The molecule has 1 aliphatic heterocycles. The summed E-state index contributed by atoms with van der Waals surface area (Å²) in [6.07, 6.45) is 1.99. The summed E-state index contributed by atoms with van der Waals surface area (Å²) in [5.74, 6) is 0.284. The van der Waals surface area contributed by atoms with Gasteiger partial charge < -0.3 is 19.8 Å². The van der Waals surface area contributed by atoms with Crippen LogP contribution >= 0.6 is 0 Å². The molecule has 0 aliphatic carbocycles. The number of rotatable bonds is 4. The summed E-state index contributed by atoms with van der Waals surface area (Å²) in [4.78, 5) is 27.0. The second-order valence-electron chi connectivity index (χ2n) is 5.31. The minimum absolute atomic E-state index is 0.0450. The summed E-state index contributed by atoms with van der Waals surface area (Å²) < 4.78 is 10.6. The van der Waals surface area contributed by atoms with Crippen LogP contribution in [0.4, 0.5) is 0 Å². The molecule has 2 aromatic rings. The van der Waals surface area contributed by atoms with E-state index in [1.165, 1.54) is 0 Å². The highest BCUT2D eigenvalue weighted by Crippen LogP contribution is 2.18. The average molecular weight is 302 g/mol. The summed E-state index contributed by atoms with van der Waals surface area (Å²) in [7, 11) is 1.57. The van der Waals surface area contributed by atoms with E-state index in [4.69, 9.17) is 9.47 Å². The molecule has 1 saturated heterocycles. The van der Waals surface area contributed by atoms with E-state index in [0.717, 1.165) is 24.8 Å². The van der Waals surface area contributed by atoms with Gasteiger partial charge >= 0.3 is 0 Å². The van der Waals surface area contributed by atoms with E-state index in [9.17, 15) is 9.59 Å². The highest BCUT2D eigenvalue weighted by molar-refractivity contribution is 5.97. The molecule has 0 spiro atoms. The summed E-state index contributed by atoms with van der Waals surface area (Å²) >= 11 is 0. The van der Waals surface area contributed by atoms with E-state index >= 15 is 0 Å². The van der Waals surface area contributed by atoms with Crippen molar-refractivity contribution in [3.05, 3.63) is 40.2 Å². The molecular formula is C16H18N2O4. The van der Waals surface area contributed by atoms with Gasteiger partial charge in [0.05, 0.1) is 13.2 Å². The Bertz CT molecular complexity index is 747. The van der Waals surface area contributed by atoms with Gasteiger partial charge in [-0.3, -0.25) is 9.59 Å². The Labute approximate surface area is 127 Å². The Hall–Kier alpha value is -2.34. The number of H-pyrrole nitrogens is 1. The number of aromatic amines is 1. The molecule has 6 nitrogen and oxygen atoms in total. The van der Waals surface area contributed by atoms with Crippen molar-refractivity contribution < 1.29 is 14.3 Å². The van der Waals surface area contributed by atoms with Gasteiger partial charge in [0, 0.05) is 24.1 Å². The molecule has 1 aromatic carbocycles. The minimum Gasteiger partial charge on any atom is -0.497 e. The maximum absolute atomic E-state index is 12.2. The van der Waals surface area contributed by atoms with E-state index in [1.807, 2.05) is 0 Å². The largest absolute Gasteiger partial charge is 0.497 e. The molecule has 2 N–H and O–H groups in total. The Morgan fingerprint density at radius 3 is 3.05 bits per heavy atom. The van der Waals surface area contributed by atoms with Crippen LogP contribution in [0.3, 0.4) is 0 Å². The molecular weight excluding hydrogens is 284 g/mol. The van der Waals surface area contributed by atoms with Gasteiger partial charge in [-0.1, -0.05) is 0 Å². The van der Waals surface area contributed by atoms with Gasteiger partial charge in [0.1, 0.15) is 11.3 Å². The van der Waals surface area contributed by atoms with E-state index < -0.39 is 5.56 Å². The third kappa shape index (κ3) is 2.96. The number of methoxy groups -OCH3 is 1. The standard InChI is InChI=1S/C16H18N2O4/c1-21-11-4-5-14-10(7-11)8-13(16(20)18-14)15(19)17-9-12-3-2-6-22-12/h4-5,7-8,12H,2-3,6,9H2,1H3,(H,17,19)(H,18,20). The lowest BCUT2D eigenvalue weighted by Gasteiger charge is -2.11. The van der Waals surface area contributed by atoms with Crippen molar-refractivity contribution in [2.45, 2.75) is 18.9 Å². The number of fused-ring (bicyclic) bond motifs is 1. The number of hydrogen-bond donors (Lipinski definition) is 2. The fourth-order valence-corrected chi connectivity index (χ4v) is 2.59. The van der Waals surface area contributed by atoms with Gasteiger partial charge in [0.2, 0.25) is 0 Å². The van der Waals surface area contributed by atoms with Crippen molar-refractivity contribution in [2.24, 2.45) is 0 Å². The lowest BCUT2D eigenvalue weighted by atomic mass is 10.1. The van der Waals surface area contributed by atoms with Gasteiger partial charge in [0.15, 0.2) is 0 Å². The third-order valence-electron chi connectivity index (χ3n) is 3.81. The van der Waals surface area contributed by atoms with Gasteiger partial charge in [-0.25, -0.2) is 0 Å². The highest BCUT2D eigenvalue weighted by atomic mass is 16.5. The number of amides is 1. The second kappa shape index (κ2) is 6.19. The predicted octanol–water partition coefficient (Wildman–Crippen LogP) is 1.45. The van der Waals surface area contributed by atoms with Gasteiger partial charge in [-0.15, -0.1) is 0 Å². The molecule has 1 aromatic heterocycles. The number of nitrogens with one attached hydrogen (secondary N) is 2. The lowest BCUT2D eigenvalue weighted by molar-refractivity contribution is 0.0856. The normalized spacial score (nSPS) is 17.6. The molecule has 3 rings (SSSR count). The van der Waals surface area contributed by atoms with Crippen molar-refractivity contribution in [1.82, 2.24) is 10.3 Å². The molecule has 1 unspecified atom stereocenters. The topological polar surface area (TPSA) is 80.4 Å². The molecule has 0 bridgehead atoms. The number of carbonyl (C=O) groups is 1. The van der Waals surface area contributed by atoms with E-state index in [1.54, 1.807) is 31.4 Å². The van der Waals surface area contributed by atoms with Gasteiger partial charge in [0.25, 0.3) is 11.5 Å². The smallest absolute Gasteiger partial charge is 0.261 e. The second-order valence-corrected chi connectivity index (χ2v) is 5.31. The van der Waals surface area contributed by atoms with Crippen molar-refractivity contribution >= 4 is 16.8 Å². The number of pyridine rings is 1. The van der Waals surface area contributed by atoms with E-state index in [-0.39, 0.29) is 17.6 Å². The van der Waals surface area contributed by atoms with Crippen molar-refractivity contribution in [3.63, 3.8) is 0 Å². The van der Waals surface area contributed by atoms with Crippen LogP contribution < -0.4 is 15.6 Å². The average Bonchev–Trinajstić information content (AvgIpc) is 3.05. The molecule has 22 heavy (non-hydrogen) atoms. The zero-order valence-electron chi connectivity index (χ0n) is 12.3. The van der Waals surface area contributed by atoms with Crippen LogP contribution in [0.25, 0.3) is 10.9 Å². The Morgan fingerprint density at radius 1 is 1.45 bits per heavy atom. The number of aromatic nitrogens is 1. The molecule has 1 aliphatic rings. The Morgan fingerprint density at radius 2 is 2.32 bits per heavy atom. The fraction of sp³-hybridized carbons (Fsp3) is 0.375. The van der Waals surface area contributed by atoms with Crippen LogP contribution in [-0.4, -0.2) is 37.3 Å². The molecule has 1 fully saturated rings. The van der Waals surface area contributed by atoms with Crippen molar-refractivity contribution in [1.29, 1.82) is 0 Å². The van der Waals surface area contributed by atoms with E-state index in [0.29, 0.717) is 17.8 Å². The molecule has 6 heteroatoms. The Balaban J connectivity index is 1.83. The highest BCUT2D eigenvalue weighted by Gasteiger charge is 2.18. The first-order valence-electron chi connectivity index (χ1n) is 7.28. The Kier molecular flexibility index (Phi) is 4.11. The van der Waals surface area contributed by atoms with Crippen LogP contribution in [-0.2, 0) is 4.74 Å². The maximum atomic E-state index is 12.2. The number of hydrogen-bond acceptors (Lipinski definition) is 4. The van der Waals surface area contributed by atoms with Crippen LogP contribution in [0.15, 0.2) is 29.1 Å². The third-order valence-corrected chi connectivity index (χ3v) is 3.81. The van der Waals surface area contributed by atoms with E-state index in [2.05, 4.69) is 10.3 Å². The zero-order valence-corrected chi connectivity index (χ0v) is 12.3. The lowest BCUT2D eigenvalue weighted by Crippen LogP contribution is -2.34. The summed E-state index contributed by atoms with van der Waals surface area (Å²) in [6, 6.07) is 6.88. The van der Waals surface area contributed by atoms with Gasteiger partial charge in [-0.05, 0) is 37.1 Å². The number of benzene rings is 1. The molecule has 0 saturated carbocycles. The number of ether oxygens (including phenoxy) is 2. The van der Waals surface area contributed by atoms with Crippen LogP contribution in [0.5, 0.6) is 5.75 Å². The molecule has 1 atom stereocenters. The minimum atomic E-state index is -0.400. The van der Waals surface area contributed by atoms with Crippen molar-refractivity contribution in [2.75, 3.05) is 20.3 Å². The molecule has 1 amide bonds. The monoisotopic (exact) mass is 302 g/mol.